The number of rotatable bonds is 2. The van der Waals surface area contributed by atoms with E-state index in [1.807, 2.05) is 12.1 Å². The molecule has 0 amide bonds. The molecule has 0 saturated heterocycles. The first kappa shape index (κ1) is 14.9. The SMILES string of the molecule is C(=Cc1cccc2ccc3cc4ccccc4nc3c12)c1ccccc1. The highest BCUT2D eigenvalue weighted by Crippen LogP contribution is 2.30. The molecule has 26 heavy (non-hydrogen) atoms. The zero-order chi connectivity index (χ0) is 17.3. The van der Waals surface area contributed by atoms with Crippen LogP contribution in [0.15, 0.2) is 91.0 Å². The van der Waals surface area contributed by atoms with Crippen molar-refractivity contribution in [2.75, 3.05) is 0 Å². The molecule has 0 aliphatic carbocycles. The van der Waals surface area contributed by atoms with Crippen LogP contribution < -0.4 is 0 Å². The van der Waals surface area contributed by atoms with Crippen molar-refractivity contribution in [3.8, 4) is 0 Å². The van der Waals surface area contributed by atoms with E-state index in [0.29, 0.717) is 0 Å². The molecule has 1 heteroatoms. The normalized spacial score (nSPS) is 11.7. The molecule has 0 atom stereocenters. The van der Waals surface area contributed by atoms with Crippen LogP contribution in [-0.2, 0) is 0 Å². The van der Waals surface area contributed by atoms with Gasteiger partial charge in [0.2, 0.25) is 0 Å². The zero-order valence-electron chi connectivity index (χ0n) is 14.3. The highest BCUT2D eigenvalue weighted by Gasteiger charge is 2.07. The second-order valence-corrected chi connectivity index (χ2v) is 6.51. The Kier molecular flexibility index (Phi) is 3.50. The molecule has 4 aromatic carbocycles. The minimum atomic E-state index is 1.04. The zero-order valence-corrected chi connectivity index (χ0v) is 14.3. The minimum absolute atomic E-state index is 1.04. The van der Waals surface area contributed by atoms with Crippen LogP contribution in [0.4, 0.5) is 0 Å². The van der Waals surface area contributed by atoms with Gasteiger partial charge < -0.3 is 0 Å². The average Bonchev–Trinajstić information content (AvgIpc) is 2.71. The number of pyridine rings is 1. The molecule has 5 aromatic rings. The summed E-state index contributed by atoms with van der Waals surface area (Å²) in [5, 5.41) is 4.78. The maximum Gasteiger partial charge on any atom is 0.0794 e. The van der Waals surface area contributed by atoms with Crippen molar-refractivity contribution in [1.82, 2.24) is 4.98 Å². The van der Waals surface area contributed by atoms with Crippen LogP contribution in [0.25, 0.3) is 44.7 Å². The Morgan fingerprint density at radius 2 is 1.35 bits per heavy atom. The lowest BCUT2D eigenvalue weighted by Crippen LogP contribution is -1.87. The molecular formula is C25H17N. The fourth-order valence-electron chi connectivity index (χ4n) is 3.53. The summed E-state index contributed by atoms with van der Waals surface area (Å²) < 4.78 is 0. The molecule has 0 unspecified atom stereocenters. The third-order valence-corrected chi connectivity index (χ3v) is 4.82. The summed E-state index contributed by atoms with van der Waals surface area (Å²) in [7, 11) is 0. The first-order valence-corrected chi connectivity index (χ1v) is 8.83. The molecule has 1 nitrogen and oxygen atoms in total. The van der Waals surface area contributed by atoms with Crippen LogP contribution in [0.5, 0.6) is 0 Å². The Labute approximate surface area is 152 Å². The van der Waals surface area contributed by atoms with E-state index in [0.717, 1.165) is 11.0 Å². The summed E-state index contributed by atoms with van der Waals surface area (Å²) in [6, 6.07) is 31.7. The third-order valence-electron chi connectivity index (χ3n) is 4.82. The Bertz CT molecular complexity index is 1270. The standard InChI is InChI=1S/C25H17N/c1-2-7-18(8-3-1)13-14-19-10-6-11-20-15-16-22-17-21-9-4-5-12-23(21)26-25(22)24(19)20/h1-17H. The van der Waals surface area contributed by atoms with E-state index < -0.39 is 0 Å². The van der Waals surface area contributed by atoms with Gasteiger partial charge in [0.1, 0.15) is 0 Å². The van der Waals surface area contributed by atoms with Gasteiger partial charge in [-0.1, -0.05) is 91.0 Å². The predicted octanol–water partition coefficient (Wildman–Crippen LogP) is 6.71. The van der Waals surface area contributed by atoms with Gasteiger partial charge in [-0.05, 0) is 28.6 Å². The first-order chi connectivity index (χ1) is 12.9. The number of hydrogen-bond acceptors (Lipinski definition) is 1. The molecule has 1 aromatic heterocycles. The minimum Gasteiger partial charge on any atom is -0.247 e. The molecule has 0 bridgehead atoms. The third kappa shape index (κ3) is 2.55. The van der Waals surface area contributed by atoms with Gasteiger partial charge in [-0.2, -0.15) is 0 Å². The van der Waals surface area contributed by atoms with Gasteiger partial charge in [0.15, 0.2) is 0 Å². The number of fused-ring (bicyclic) bond motifs is 4. The highest BCUT2D eigenvalue weighted by atomic mass is 14.7. The number of aromatic nitrogens is 1. The van der Waals surface area contributed by atoms with Crippen LogP contribution in [0.3, 0.4) is 0 Å². The van der Waals surface area contributed by atoms with E-state index in [-0.39, 0.29) is 0 Å². The van der Waals surface area contributed by atoms with Gasteiger partial charge in [-0.25, -0.2) is 4.98 Å². The van der Waals surface area contributed by atoms with Crippen molar-refractivity contribution in [1.29, 1.82) is 0 Å². The first-order valence-electron chi connectivity index (χ1n) is 8.83. The quantitative estimate of drug-likeness (QED) is 0.199. The molecule has 0 N–H and O–H groups in total. The molecule has 5 rings (SSSR count). The maximum absolute atomic E-state index is 4.99. The van der Waals surface area contributed by atoms with Crippen molar-refractivity contribution in [2.24, 2.45) is 0 Å². The van der Waals surface area contributed by atoms with Crippen molar-refractivity contribution in [2.45, 2.75) is 0 Å². The summed E-state index contributed by atoms with van der Waals surface area (Å²) in [4.78, 5) is 4.99. The second-order valence-electron chi connectivity index (χ2n) is 6.51. The van der Waals surface area contributed by atoms with Gasteiger partial charge in [0.05, 0.1) is 11.0 Å². The lowest BCUT2D eigenvalue weighted by atomic mass is 9.99. The molecule has 0 aliphatic rings. The number of benzene rings is 4. The number of nitrogens with zero attached hydrogens (tertiary/aromatic N) is 1. The van der Waals surface area contributed by atoms with Crippen molar-refractivity contribution in [3.05, 3.63) is 102 Å². The van der Waals surface area contributed by atoms with Crippen molar-refractivity contribution in [3.63, 3.8) is 0 Å². The molecule has 122 valence electrons. The summed E-state index contributed by atoms with van der Waals surface area (Å²) in [6.45, 7) is 0. The van der Waals surface area contributed by atoms with E-state index in [4.69, 9.17) is 4.98 Å². The monoisotopic (exact) mass is 331 g/mol. The Morgan fingerprint density at radius 1 is 0.577 bits per heavy atom. The molecule has 0 aliphatic heterocycles. The summed E-state index contributed by atoms with van der Waals surface area (Å²) >= 11 is 0. The highest BCUT2D eigenvalue weighted by molar-refractivity contribution is 6.12. The van der Waals surface area contributed by atoms with E-state index in [2.05, 4.69) is 91.0 Å². The Balaban J connectivity index is 1.79. The summed E-state index contributed by atoms with van der Waals surface area (Å²) in [5.41, 5.74) is 4.49. The number of hydrogen-bond donors (Lipinski definition) is 0. The van der Waals surface area contributed by atoms with E-state index >= 15 is 0 Å². The van der Waals surface area contributed by atoms with E-state index in [9.17, 15) is 0 Å². The van der Waals surface area contributed by atoms with Crippen molar-refractivity contribution < 1.29 is 0 Å². The molecule has 0 radical (unpaired) electrons. The summed E-state index contributed by atoms with van der Waals surface area (Å²) in [6.07, 6.45) is 4.35. The summed E-state index contributed by atoms with van der Waals surface area (Å²) in [5.74, 6) is 0. The fourth-order valence-corrected chi connectivity index (χ4v) is 3.53. The fraction of sp³-hybridized carbons (Fsp3) is 0. The maximum atomic E-state index is 4.99. The van der Waals surface area contributed by atoms with Gasteiger partial charge in [0, 0.05) is 16.2 Å². The number of para-hydroxylation sites is 1. The predicted molar refractivity (Wildman–Crippen MR) is 112 cm³/mol. The van der Waals surface area contributed by atoms with Crippen molar-refractivity contribution >= 4 is 44.7 Å². The Hall–Kier alpha value is -3.45. The van der Waals surface area contributed by atoms with Gasteiger partial charge in [-0.15, -0.1) is 0 Å². The lowest BCUT2D eigenvalue weighted by molar-refractivity contribution is 1.51. The molecule has 0 saturated carbocycles. The smallest absolute Gasteiger partial charge is 0.0794 e. The lowest BCUT2D eigenvalue weighted by Gasteiger charge is -2.08. The van der Waals surface area contributed by atoms with Crippen LogP contribution in [0, 0.1) is 0 Å². The van der Waals surface area contributed by atoms with Gasteiger partial charge >= 0.3 is 0 Å². The molecular weight excluding hydrogens is 314 g/mol. The average molecular weight is 331 g/mol. The van der Waals surface area contributed by atoms with Crippen LogP contribution >= 0.6 is 0 Å². The van der Waals surface area contributed by atoms with Crippen LogP contribution in [-0.4, -0.2) is 4.98 Å². The van der Waals surface area contributed by atoms with Gasteiger partial charge in [0.25, 0.3) is 0 Å². The molecule has 0 fully saturated rings. The van der Waals surface area contributed by atoms with Crippen LogP contribution in [0.2, 0.25) is 0 Å². The molecule has 0 spiro atoms. The van der Waals surface area contributed by atoms with E-state index in [1.165, 1.54) is 32.7 Å². The van der Waals surface area contributed by atoms with Gasteiger partial charge in [-0.3, -0.25) is 0 Å². The second kappa shape index (κ2) is 6.12. The Morgan fingerprint density at radius 3 is 2.27 bits per heavy atom. The molecule has 1 heterocycles. The van der Waals surface area contributed by atoms with Crippen LogP contribution in [0.1, 0.15) is 11.1 Å². The van der Waals surface area contributed by atoms with E-state index in [1.54, 1.807) is 0 Å². The topological polar surface area (TPSA) is 12.9 Å². The largest absolute Gasteiger partial charge is 0.247 e.